The lowest BCUT2D eigenvalue weighted by atomic mass is 10.2. The van der Waals surface area contributed by atoms with E-state index >= 15 is 0 Å². The summed E-state index contributed by atoms with van der Waals surface area (Å²) in [7, 11) is 1.60. The van der Waals surface area contributed by atoms with Crippen molar-refractivity contribution in [2.75, 3.05) is 44.0 Å². The van der Waals surface area contributed by atoms with E-state index in [2.05, 4.69) is 25.5 Å². The third kappa shape index (κ3) is 6.87. The van der Waals surface area contributed by atoms with Gasteiger partial charge in [-0.1, -0.05) is 29.8 Å². The van der Waals surface area contributed by atoms with Crippen LogP contribution in [0.1, 0.15) is 19.3 Å². The molecule has 1 aliphatic heterocycles. The number of carbonyl (C=O) groups is 1. The maximum atomic E-state index is 12.3. The summed E-state index contributed by atoms with van der Waals surface area (Å²) in [5.41, 5.74) is 1.78. The number of hydrogen-bond acceptors (Lipinski definition) is 7. The predicted octanol–water partition coefficient (Wildman–Crippen LogP) is 6.59. The minimum absolute atomic E-state index is 0.316. The normalized spacial score (nSPS) is 13.3. The Morgan fingerprint density at radius 1 is 1.00 bits per heavy atom. The Hall–Kier alpha value is -4.08. The van der Waals surface area contributed by atoms with Crippen LogP contribution in [-0.4, -0.2) is 54.2 Å². The molecule has 4 aromatic rings. The molecule has 0 unspecified atom stereocenters. The summed E-state index contributed by atoms with van der Waals surface area (Å²) in [6.07, 6.45) is 4.94. The van der Waals surface area contributed by atoms with E-state index in [1.165, 1.54) is 32.3 Å². The number of amides is 2. The average Bonchev–Trinajstić information content (AvgIpc) is 3.46. The molecule has 0 saturated carbocycles. The molecule has 0 spiro atoms. The lowest BCUT2D eigenvalue weighted by Crippen LogP contribution is -2.21. The predicted molar refractivity (Wildman–Crippen MR) is 152 cm³/mol. The molecule has 1 saturated heterocycles. The van der Waals surface area contributed by atoms with Crippen LogP contribution in [0, 0.1) is 0 Å². The molecule has 10 heteroatoms. The SMILES string of the molecule is COc1cc2c(Oc3ccc(NC(=O)Nc4ccccc4)c(Cl)c3)ncnc2cc1OCCCN1CCCC1. The van der Waals surface area contributed by atoms with Crippen molar-refractivity contribution in [3.05, 3.63) is 72.0 Å². The smallest absolute Gasteiger partial charge is 0.323 e. The van der Waals surface area contributed by atoms with Crippen molar-refractivity contribution in [3.8, 4) is 23.1 Å². The molecule has 39 heavy (non-hydrogen) atoms. The fourth-order valence-electron chi connectivity index (χ4n) is 4.45. The van der Waals surface area contributed by atoms with E-state index in [0.29, 0.717) is 57.0 Å². The van der Waals surface area contributed by atoms with Crippen molar-refractivity contribution in [3.63, 3.8) is 0 Å². The molecule has 0 atom stereocenters. The van der Waals surface area contributed by atoms with Crippen LogP contribution in [-0.2, 0) is 0 Å². The summed E-state index contributed by atoms with van der Waals surface area (Å²) in [6, 6.07) is 17.4. The molecule has 1 aliphatic rings. The average molecular weight is 548 g/mol. The summed E-state index contributed by atoms with van der Waals surface area (Å²) in [4.78, 5) is 23.5. The van der Waals surface area contributed by atoms with Gasteiger partial charge in [-0.2, -0.15) is 0 Å². The van der Waals surface area contributed by atoms with E-state index in [0.717, 1.165) is 13.0 Å². The van der Waals surface area contributed by atoms with Crippen molar-refractivity contribution in [2.24, 2.45) is 0 Å². The number of benzene rings is 3. The van der Waals surface area contributed by atoms with Crippen LogP contribution in [0.3, 0.4) is 0 Å². The number of halogens is 1. The summed E-state index contributed by atoms with van der Waals surface area (Å²) in [5.74, 6) is 2.00. The molecule has 0 radical (unpaired) electrons. The molecule has 2 heterocycles. The van der Waals surface area contributed by atoms with Gasteiger partial charge in [0.05, 0.1) is 35.3 Å². The van der Waals surface area contributed by atoms with Crippen LogP contribution in [0.2, 0.25) is 5.02 Å². The highest BCUT2D eigenvalue weighted by atomic mass is 35.5. The highest BCUT2D eigenvalue weighted by molar-refractivity contribution is 6.34. The van der Waals surface area contributed by atoms with Crippen LogP contribution in [0.15, 0.2) is 67.0 Å². The number of rotatable bonds is 10. The Balaban J connectivity index is 1.26. The van der Waals surface area contributed by atoms with E-state index in [9.17, 15) is 4.79 Å². The van der Waals surface area contributed by atoms with Crippen LogP contribution >= 0.6 is 11.6 Å². The maximum Gasteiger partial charge on any atom is 0.323 e. The molecule has 2 N–H and O–H groups in total. The van der Waals surface area contributed by atoms with Crippen LogP contribution in [0.4, 0.5) is 16.2 Å². The molecule has 0 aliphatic carbocycles. The van der Waals surface area contributed by atoms with Crippen LogP contribution in [0.25, 0.3) is 10.9 Å². The zero-order valence-corrected chi connectivity index (χ0v) is 22.4. The van der Waals surface area contributed by atoms with E-state index in [-0.39, 0.29) is 0 Å². The number of carbonyl (C=O) groups excluding carboxylic acids is 1. The Labute approximate surface area is 232 Å². The fraction of sp³-hybridized carbons (Fsp3) is 0.276. The molecular formula is C29H30ClN5O4. The van der Waals surface area contributed by atoms with Gasteiger partial charge in [-0.25, -0.2) is 14.8 Å². The minimum Gasteiger partial charge on any atom is -0.493 e. The van der Waals surface area contributed by atoms with Gasteiger partial charge < -0.3 is 29.7 Å². The summed E-state index contributed by atoms with van der Waals surface area (Å²) >= 11 is 6.44. The number of likely N-dealkylation sites (tertiary alicyclic amines) is 1. The van der Waals surface area contributed by atoms with Gasteiger partial charge in [0.15, 0.2) is 11.5 Å². The Kier molecular flexibility index (Phi) is 8.60. The van der Waals surface area contributed by atoms with Crippen LogP contribution < -0.4 is 24.8 Å². The first-order valence-electron chi connectivity index (χ1n) is 12.9. The number of fused-ring (bicyclic) bond motifs is 1. The number of anilines is 2. The molecule has 1 fully saturated rings. The highest BCUT2D eigenvalue weighted by Gasteiger charge is 2.15. The first kappa shape index (κ1) is 26.5. The fourth-order valence-corrected chi connectivity index (χ4v) is 4.67. The molecule has 5 rings (SSSR count). The standard InChI is InChI=1S/C29H30ClN5O4/c1-37-26-17-22-25(18-27(26)38-15-7-14-35-12-5-6-13-35)31-19-32-28(22)39-21-10-11-24(23(30)16-21)34-29(36)33-20-8-3-2-4-9-20/h2-4,8-11,16-19H,5-7,12-15H2,1H3,(H2,33,34,36). The monoisotopic (exact) mass is 547 g/mol. The van der Waals surface area contributed by atoms with Crippen molar-refractivity contribution < 1.29 is 19.0 Å². The van der Waals surface area contributed by atoms with Gasteiger partial charge in [-0.05, 0) is 62.7 Å². The molecule has 202 valence electrons. The number of nitrogens with zero attached hydrogens (tertiary/aromatic N) is 3. The third-order valence-corrected chi connectivity index (χ3v) is 6.71. The third-order valence-electron chi connectivity index (χ3n) is 6.39. The lowest BCUT2D eigenvalue weighted by molar-refractivity contribution is 0.254. The number of para-hydroxylation sites is 1. The maximum absolute atomic E-state index is 12.3. The number of aromatic nitrogens is 2. The van der Waals surface area contributed by atoms with E-state index < -0.39 is 6.03 Å². The van der Waals surface area contributed by atoms with Gasteiger partial charge in [-0.15, -0.1) is 0 Å². The first-order chi connectivity index (χ1) is 19.1. The van der Waals surface area contributed by atoms with Crippen molar-refractivity contribution in [1.82, 2.24) is 14.9 Å². The number of hydrogen-bond donors (Lipinski definition) is 2. The van der Waals surface area contributed by atoms with Crippen molar-refractivity contribution in [1.29, 1.82) is 0 Å². The topological polar surface area (TPSA) is 97.8 Å². The van der Waals surface area contributed by atoms with Crippen LogP contribution in [0.5, 0.6) is 23.1 Å². The number of ether oxygens (including phenoxy) is 3. The molecule has 2 amide bonds. The van der Waals surface area contributed by atoms with Gasteiger partial charge in [-0.3, -0.25) is 0 Å². The summed E-state index contributed by atoms with van der Waals surface area (Å²) in [6.45, 7) is 3.97. The Bertz CT molecular complexity index is 1430. The highest BCUT2D eigenvalue weighted by Crippen LogP contribution is 2.37. The lowest BCUT2D eigenvalue weighted by Gasteiger charge is -2.16. The molecule has 0 bridgehead atoms. The second-order valence-corrected chi connectivity index (χ2v) is 9.55. The molecular weight excluding hydrogens is 518 g/mol. The second kappa shape index (κ2) is 12.6. The van der Waals surface area contributed by atoms with Crippen molar-refractivity contribution in [2.45, 2.75) is 19.3 Å². The van der Waals surface area contributed by atoms with E-state index in [4.69, 9.17) is 25.8 Å². The number of nitrogens with one attached hydrogen (secondary N) is 2. The molecule has 9 nitrogen and oxygen atoms in total. The molecule has 1 aromatic heterocycles. The number of urea groups is 1. The minimum atomic E-state index is -0.403. The zero-order chi connectivity index (χ0) is 27.0. The van der Waals surface area contributed by atoms with Gasteiger partial charge in [0.2, 0.25) is 5.88 Å². The van der Waals surface area contributed by atoms with Gasteiger partial charge in [0.25, 0.3) is 0 Å². The number of methoxy groups -OCH3 is 1. The quantitative estimate of drug-likeness (QED) is 0.216. The second-order valence-electron chi connectivity index (χ2n) is 9.14. The zero-order valence-electron chi connectivity index (χ0n) is 21.7. The summed E-state index contributed by atoms with van der Waals surface area (Å²) in [5, 5.41) is 6.48. The van der Waals surface area contributed by atoms with Gasteiger partial charge in [0.1, 0.15) is 12.1 Å². The summed E-state index contributed by atoms with van der Waals surface area (Å²) < 4.78 is 17.7. The van der Waals surface area contributed by atoms with Gasteiger partial charge in [0, 0.05) is 24.4 Å². The Morgan fingerprint density at radius 2 is 1.82 bits per heavy atom. The van der Waals surface area contributed by atoms with Gasteiger partial charge >= 0.3 is 6.03 Å². The Morgan fingerprint density at radius 3 is 2.59 bits per heavy atom. The largest absolute Gasteiger partial charge is 0.493 e. The van der Waals surface area contributed by atoms with E-state index in [1.54, 1.807) is 37.4 Å². The van der Waals surface area contributed by atoms with Crippen molar-refractivity contribution >= 4 is 39.9 Å². The molecule has 3 aromatic carbocycles. The first-order valence-corrected chi connectivity index (χ1v) is 13.3. The van der Waals surface area contributed by atoms with E-state index in [1.807, 2.05) is 30.3 Å².